The summed E-state index contributed by atoms with van der Waals surface area (Å²) in [6, 6.07) is 11.2. The number of hydrogen-bond donors (Lipinski definition) is 1. The molecule has 0 amide bonds. The Hall–Kier alpha value is -1.09. The molecule has 2 nitrogen and oxygen atoms in total. The Bertz CT molecular complexity index is 612. The first kappa shape index (κ1) is 15.3. The largest absolute Gasteiger partial charge is 0.379 e. The zero-order valence-electron chi connectivity index (χ0n) is 11.3. The van der Waals surface area contributed by atoms with Crippen LogP contribution in [0.25, 0.3) is 0 Å². The molecule has 0 spiro atoms. The van der Waals surface area contributed by atoms with Gasteiger partial charge in [-0.15, -0.1) is 0 Å². The van der Waals surface area contributed by atoms with Crippen LogP contribution in [0.5, 0.6) is 0 Å². The van der Waals surface area contributed by atoms with Gasteiger partial charge in [-0.1, -0.05) is 40.9 Å². The standard InChI is InChI=1S/C15H15Cl3N2/c1-20(2)15-6-5-12(17)8-14(15)19-9-10-3-4-11(16)7-13(10)18/h3-8,19H,9H2,1-2H3. The quantitative estimate of drug-likeness (QED) is 0.816. The molecule has 2 aromatic carbocycles. The molecule has 20 heavy (non-hydrogen) atoms. The molecule has 0 saturated carbocycles. The molecule has 0 fully saturated rings. The summed E-state index contributed by atoms with van der Waals surface area (Å²) in [4.78, 5) is 2.03. The van der Waals surface area contributed by atoms with Crippen molar-refractivity contribution in [3.63, 3.8) is 0 Å². The first-order valence-electron chi connectivity index (χ1n) is 6.12. The molecule has 106 valence electrons. The minimum absolute atomic E-state index is 0.608. The summed E-state index contributed by atoms with van der Waals surface area (Å²) < 4.78 is 0. The lowest BCUT2D eigenvalue weighted by atomic mass is 10.2. The highest BCUT2D eigenvalue weighted by Crippen LogP contribution is 2.29. The van der Waals surface area contributed by atoms with E-state index in [9.17, 15) is 0 Å². The van der Waals surface area contributed by atoms with Crippen molar-refractivity contribution < 1.29 is 0 Å². The van der Waals surface area contributed by atoms with Crippen molar-refractivity contribution in [2.45, 2.75) is 6.54 Å². The molecule has 0 aliphatic carbocycles. The van der Waals surface area contributed by atoms with E-state index < -0.39 is 0 Å². The van der Waals surface area contributed by atoms with Gasteiger partial charge in [-0.2, -0.15) is 0 Å². The molecular formula is C15H15Cl3N2. The number of rotatable bonds is 4. The van der Waals surface area contributed by atoms with Crippen LogP contribution in [0, 0.1) is 0 Å². The summed E-state index contributed by atoms with van der Waals surface area (Å²) in [5.74, 6) is 0. The van der Waals surface area contributed by atoms with E-state index in [1.54, 1.807) is 6.07 Å². The van der Waals surface area contributed by atoms with Crippen LogP contribution in [0.2, 0.25) is 15.1 Å². The molecule has 5 heteroatoms. The highest BCUT2D eigenvalue weighted by Gasteiger charge is 2.07. The van der Waals surface area contributed by atoms with Crippen molar-refractivity contribution in [3.8, 4) is 0 Å². The third-order valence-electron chi connectivity index (χ3n) is 2.92. The summed E-state index contributed by atoms with van der Waals surface area (Å²) in [6.45, 7) is 0.608. The van der Waals surface area contributed by atoms with E-state index >= 15 is 0 Å². The second-order valence-electron chi connectivity index (χ2n) is 4.65. The molecule has 0 saturated heterocycles. The average Bonchev–Trinajstić information content (AvgIpc) is 2.37. The van der Waals surface area contributed by atoms with E-state index in [0.29, 0.717) is 21.6 Å². The highest BCUT2D eigenvalue weighted by atomic mass is 35.5. The zero-order valence-corrected chi connectivity index (χ0v) is 13.5. The van der Waals surface area contributed by atoms with E-state index in [1.807, 2.05) is 49.3 Å². The van der Waals surface area contributed by atoms with Gasteiger partial charge in [0, 0.05) is 35.7 Å². The van der Waals surface area contributed by atoms with Crippen LogP contribution < -0.4 is 10.2 Å². The third kappa shape index (κ3) is 3.72. The fraction of sp³-hybridized carbons (Fsp3) is 0.200. The molecule has 2 rings (SSSR count). The molecule has 0 radical (unpaired) electrons. The predicted octanol–water partition coefficient (Wildman–Crippen LogP) is 5.32. The van der Waals surface area contributed by atoms with Crippen LogP contribution in [-0.2, 0) is 6.54 Å². The van der Waals surface area contributed by atoms with Gasteiger partial charge in [0.15, 0.2) is 0 Å². The van der Waals surface area contributed by atoms with Gasteiger partial charge in [-0.05, 0) is 35.9 Å². The number of halogens is 3. The minimum Gasteiger partial charge on any atom is -0.379 e. The van der Waals surface area contributed by atoms with Gasteiger partial charge in [-0.25, -0.2) is 0 Å². The van der Waals surface area contributed by atoms with Gasteiger partial charge in [0.25, 0.3) is 0 Å². The van der Waals surface area contributed by atoms with E-state index in [4.69, 9.17) is 34.8 Å². The number of hydrogen-bond acceptors (Lipinski definition) is 2. The average molecular weight is 330 g/mol. The molecular weight excluding hydrogens is 315 g/mol. The van der Waals surface area contributed by atoms with Gasteiger partial charge in [0.1, 0.15) is 0 Å². The van der Waals surface area contributed by atoms with Crippen molar-refractivity contribution >= 4 is 46.2 Å². The van der Waals surface area contributed by atoms with Crippen LogP contribution in [0.3, 0.4) is 0 Å². The monoisotopic (exact) mass is 328 g/mol. The Labute approximate surface area is 134 Å². The lowest BCUT2D eigenvalue weighted by Crippen LogP contribution is -2.12. The molecule has 0 aliphatic rings. The predicted molar refractivity (Wildman–Crippen MR) is 89.6 cm³/mol. The molecule has 0 atom stereocenters. The maximum Gasteiger partial charge on any atom is 0.0597 e. The summed E-state index contributed by atoms with van der Waals surface area (Å²) in [7, 11) is 3.98. The zero-order chi connectivity index (χ0) is 14.7. The Morgan fingerprint density at radius 2 is 1.60 bits per heavy atom. The summed E-state index contributed by atoms with van der Waals surface area (Å²) in [5, 5.41) is 5.34. The molecule has 1 N–H and O–H groups in total. The van der Waals surface area contributed by atoms with Gasteiger partial charge >= 0.3 is 0 Å². The van der Waals surface area contributed by atoms with E-state index in [2.05, 4.69) is 5.32 Å². The topological polar surface area (TPSA) is 15.3 Å². The van der Waals surface area contributed by atoms with Crippen molar-refractivity contribution in [1.82, 2.24) is 0 Å². The molecule has 0 heterocycles. The maximum atomic E-state index is 6.17. The summed E-state index contributed by atoms with van der Waals surface area (Å²) in [6.07, 6.45) is 0. The normalized spacial score (nSPS) is 10.4. The van der Waals surface area contributed by atoms with Crippen LogP contribution in [0.4, 0.5) is 11.4 Å². The van der Waals surface area contributed by atoms with Gasteiger partial charge < -0.3 is 10.2 Å². The Morgan fingerprint density at radius 3 is 2.25 bits per heavy atom. The van der Waals surface area contributed by atoms with Crippen molar-refractivity contribution in [3.05, 3.63) is 57.0 Å². The van der Waals surface area contributed by atoms with E-state index in [-0.39, 0.29) is 0 Å². The first-order valence-corrected chi connectivity index (χ1v) is 7.25. The first-order chi connectivity index (χ1) is 9.47. The third-order valence-corrected chi connectivity index (χ3v) is 3.75. The highest BCUT2D eigenvalue weighted by molar-refractivity contribution is 6.35. The van der Waals surface area contributed by atoms with E-state index in [1.165, 1.54) is 0 Å². The van der Waals surface area contributed by atoms with Crippen molar-refractivity contribution in [2.24, 2.45) is 0 Å². The Balaban J connectivity index is 2.20. The molecule has 0 aromatic heterocycles. The SMILES string of the molecule is CN(C)c1ccc(Cl)cc1NCc1ccc(Cl)cc1Cl. The van der Waals surface area contributed by atoms with E-state index in [0.717, 1.165) is 16.9 Å². The Kier molecular flexibility index (Phi) is 5.03. The van der Waals surface area contributed by atoms with Crippen LogP contribution >= 0.6 is 34.8 Å². The summed E-state index contributed by atoms with van der Waals surface area (Å²) in [5.41, 5.74) is 3.02. The number of nitrogens with one attached hydrogen (secondary N) is 1. The van der Waals surface area contributed by atoms with Gasteiger partial charge in [-0.3, -0.25) is 0 Å². The summed E-state index contributed by atoms with van der Waals surface area (Å²) >= 11 is 18.1. The maximum absolute atomic E-state index is 6.17. The van der Waals surface area contributed by atoms with Gasteiger partial charge in [0.05, 0.1) is 11.4 Å². The van der Waals surface area contributed by atoms with Gasteiger partial charge in [0.2, 0.25) is 0 Å². The van der Waals surface area contributed by atoms with Crippen LogP contribution in [0.1, 0.15) is 5.56 Å². The second kappa shape index (κ2) is 6.57. The smallest absolute Gasteiger partial charge is 0.0597 e. The minimum atomic E-state index is 0.608. The molecule has 0 unspecified atom stereocenters. The van der Waals surface area contributed by atoms with Crippen molar-refractivity contribution in [1.29, 1.82) is 0 Å². The molecule has 0 bridgehead atoms. The number of anilines is 2. The number of nitrogens with zero attached hydrogens (tertiary/aromatic N) is 1. The van der Waals surface area contributed by atoms with Crippen molar-refractivity contribution in [2.75, 3.05) is 24.3 Å². The number of benzene rings is 2. The fourth-order valence-corrected chi connectivity index (χ4v) is 2.54. The Morgan fingerprint density at radius 1 is 0.950 bits per heavy atom. The fourth-order valence-electron chi connectivity index (χ4n) is 1.90. The lowest BCUT2D eigenvalue weighted by Gasteiger charge is -2.19. The lowest BCUT2D eigenvalue weighted by molar-refractivity contribution is 1.10. The second-order valence-corrected chi connectivity index (χ2v) is 5.93. The molecule has 2 aromatic rings. The van der Waals surface area contributed by atoms with Crippen LogP contribution in [0.15, 0.2) is 36.4 Å². The van der Waals surface area contributed by atoms with Crippen LogP contribution in [-0.4, -0.2) is 14.1 Å². The molecule has 0 aliphatic heterocycles.